The fourth-order valence-corrected chi connectivity index (χ4v) is 2.66. The lowest BCUT2D eigenvalue weighted by Gasteiger charge is -2.33. The number of likely N-dealkylation sites (tertiary alicyclic amines) is 1. The first kappa shape index (κ1) is 16.4. The molecule has 2 rings (SSSR count). The van der Waals surface area contributed by atoms with E-state index in [1.165, 1.54) is 12.8 Å². The molecule has 1 heterocycles. The number of halogens is 3. The average Bonchev–Trinajstić information content (AvgIpc) is 3.23. The van der Waals surface area contributed by atoms with Crippen LogP contribution >= 0.6 is 0 Å². The van der Waals surface area contributed by atoms with Gasteiger partial charge in [-0.2, -0.15) is 13.2 Å². The smallest absolute Gasteiger partial charge is 0.357 e. The van der Waals surface area contributed by atoms with Gasteiger partial charge in [-0.3, -0.25) is 4.99 Å². The molecule has 0 bridgehead atoms. The summed E-state index contributed by atoms with van der Waals surface area (Å²) in [5.74, 6) is 0.506. The summed E-state index contributed by atoms with van der Waals surface area (Å²) in [4.78, 5) is 6.54. The minimum absolute atomic E-state index is 0.222. The van der Waals surface area contributed by atoms with Crippen LogP contribution in [0.25, 0.3) is 0 Å². The molecule has 0 unspecified atom stereocenters. The van der Waals surface area contributed by atoms with Gasteiger partial charge in [0.05, 0.1) is 13.0 Å². The lowest BCUT2D eigenvalue weighted by molar-refractivity contribution is -0.132. The van der Waals surface area contributed by atoms with Gasteiger partial charge in [0.25, 0.3) is 0 Å². The molecule has 1 aliphatic carbocycles. The first-order valence-corrected chi connectivity index (χ1v) is 7.83. The molecule has 7 heteroatoms. The van der Waals surface area contributed by atoms with E-state index < -0.39 is 12.6 Å². The minimum atomic E-state index is -4.14. The second-order valence-electron chi connectivity index (χ2n) is 5.81. The Hall–Kier alpha value is -0.980. The highest BCUT2D eigenvalue weighted by Crippen LogP contribution is 2.29. The summed E-state index contributed by atoms with van der Waals surface area (Å²) in [5, 5.41) is 6.29. The van der Waals surface area contributed by atoms with Crippen LogP contribution in [-0.4, -0.2) is 55.3 Å². The van der Waals surface area contributed by atoms with Crippen LogP contribution in [0.5, 0.6) is 0 Å². The van der Waals surface area contributed by atoms with Crippen molar-refractivity contribution in [3.05, 3.63) is 0 Å². The van der Waals surface area contributed by atoms with E-state index in [0.717, 1.165) is 32.0 Å². The van der Waals surface area contributed by atoms with Gasteiger partial charge in [0, 0.05) is 31.7 Å². The fraction of sp³-hybridized carbons (Fsp3) is 0.929. The van der Waals surface area contributed by atoms with Gasteiger partial charge >= 0.3 is 6.18 Å². The Kier molecular flexibility index (Phi) is 5.72. The van der Waals surface area contributed by atoms with E-state index in [0.29, 0.717) is 18.5 Å². The minimum Gasteiger partial charge on any atom is -0.357 e. The Morgan fingerprint density at radius 3 is 2.38 bits per heavy atom. The van der Waals surface area contributed by atoms with Crippen LogP contribution in [0.1, 0.15) is 39.0 Å². The van der Waals surface area contributed by atoms with Crippen molar-refractivity contribution in [2.24, 2.45) is 4.99 Å². The lowest BCUT2D eigenvalue weighted by Crippen LogP contribution is -2.49. The van der Waals surface area contributed by atoms with Crippen LogP contribution < -0.4 is 10.6 Å². The van der Waals surface area contributed by atoms with Gasteiger partial charge in [-0.1, -0.05) is 0 Å². The number of nitrogens with one attached hydrogen (secondary N) is 2. The SMILES string of the molecule is CCNC(=NCCC(F)(F)F)NC1CCN(C2CC2)CC1. The van der Waals surface area contributed by atoms with Gasteiger partial charge < -0.3 is 15.5 Å². The Morgan fingerprint density at radius 1 is 1.19 bits per heavy atom. The molecule has 1 aliphatic heterocycles. The second-order valence-corrected chi connectivity index (χ2v) is 5.81. The van der Waals surface area contributed by atoms with Gasteiger partial charge in [0.1, 0.15) is 0 Å². The number of guanidine groups is 1. The number of rotatable bonds is 5. The molecule has 21 heavy (non-hydrogen) atoms. The summed E-state index contributed by atoms with van der Waals surface area (Å²) in [5.41, 5.74) is 0. The summed E-state index contributed by atoms with van der Waals surface area (Å²) in [6.45, 7) is 4.49. The highest BCUT2D eigenvalue weighted by atomic mass is 19.4. The van der Waals surface area contributed by atoms with Crippen LogP contribution in [0.4, 0.5) is 13.2 Å². The Morgan fingerprint density at radius 2 is 1.86 bits per heavy atom. The van der Waals surface area contributed by atoms with Crippen LogP contribution in [0, 0.1) is 0 Å². The van der Waals surface area contributed by atoms with Crippen LogP contribution in [0.2, 0.25) is 0 Å². The summed E-state index contributed by atoms with van der Waals surface area (Å²) < 4.78 is 36.5. The Labute approximate surface area is 124 Å². The number of hydrogen-bond donors (Lipinski definition) is 2. The first-order valence-electron chi connectivity index (χ1n) is 7.83. The molecule has 2 fully saturated rings. The number of hydrogen-bond acceptors (Lipinski definition) is 2. The van der Waals surface area contributed by atoms with E-state index in [2.05, 4.69) is 20.5 Å². The highest BCUT2D eigenvalue weighted by molar-refractivity contribution is 5.80. The number of piperidine rings is 1. The molecule has 1 saturated carbocycles. The second kappa shape index (κ2) is 7.33. The van der Waals surface area contributed by atoms with Crippen molar-refractivity contribution in [3.8, 4) is 0 Å². The molecule has 0 radical (unpaired) electrons. The van der Waals surface area contributed by atoms with Gasteiger partial charge in [-0.15, -0.1) is 0 Å². The largest absolute Gasteiger partial charge is 0.390 e. The quantitative estimate of drug-likeness (QED) is 0.604. The van der Waals surface area contributed by atoms with Crippen molar-refractivity contribution >= 4 is 5.96 Å². The van der Waals surface area contributed by atoms with Gasteiger partial charge in [0.2, 0.25) is 0 Å². The van der Waals surface area contributed by atoms with Crippen LogP contribution in [0.3, 0.4) is 0 Å². The predicted octanol–water partition coefficient (Wildman–Crippen LogP) is 2.12. The highest BCUT2D eigenvalue weighted by Gasteiger charge is 2.32. The maximum absolute atomic E-state index is 12.2. The third-order valence-electron chi connectivity index (χ3n) is 3.94. The molecule has 1 saturated heterocycles. The Bertz CT molecular complexity index is 345. The van der Waals surface area contributed by atoms with E-state index in [-0.39, 0.29) is 6.54 Å². The molecular formula is C14H25F3N4. The van der Waals surface area contributed by atoms with E-state index in [4.69, 9.17) is 0 Å². The Balaban J connectivity index is 1.75. The maximum atomic E-state index is 12.2. The van der Waals surface area contributed by atoms with Crippen LogP contribution in [0.15, 0.2) is 4.99 Å². The van der Waals surface area contributed by atoms with Crippen molar-refractivity contribution in [2.45, 2.75) is 57.3 Å². The molecule has 2 aliphatic rings. The fourth-order valence-electron chi connectivity index (χ4n) is 2.66. The zero-order chi connectivity index (χ0) is 15.3. The molecule has 2 N–H and O–H groups in total. The maximum Gasteiger partial charge on any atom is 0.390 e. The normalized spacial score (nSPS) is 22.4. The number of aliphatic imine (C=N–C) groups is 1. The number of nitrogens with zero attached hydrogens (tertiary/aromatic N) is 2. The molecule has 0 amide bonds. The van der Waals surface area contributed by atoms with Gasteiger partial charge in [0.15, 0.2) is 5.96 Å². The molecular weight excluding hydrogens is 281 g/mol. The molecule has 122 valence electrons. The topological polar surface area (TPSA) is 39.7 Å². The monoisotopic (exact) mass is 306 g/mol. The predicted molar refractivity (Wildman–Crippen MR) is 77.4 cm³/mol. The summed E-state index contributed by atoms with van der Waals surface area (Å²) in [6.07, 6.45) is -0.320. The molecule has 0 atom stereocenters. The summed E-state index contributed by atoms with van der Waals surface area (Å²) in [6, 6.07) is 1.10. The van der Waals surface area contributed by atoms with Crippen molar-refractivity contribution in [1.82, 2.24) is 15.5 Å². The molecule has 0 aromatic rings. The van der Waals surface area contributed by atoms with Crippen molar-refractivity contribution in [2.75, 3.05) is 26.2 Å². The van der Waals surface area contributed by atoms with E-state index in [1.807, 2.05) is 6.92 Å². The molecule has 0 spiro atoms. The third-order valence-corrected chi connectivity index (χ3v) is 3.94. The third kappa shape index (κ3) is 6.11. The van der Waals surface area contributed by atoms with E-state index >= 15 is 0 Å². The molecule has 4 nitrogen and oxygen atoms in total. The van der Waals surface area contributed by atoms with Crippen molar-refractivity contribution in [1.29, 1.82) is 0 Å². The molecule has 0 aromatic heterocycles. The lowest BCUT2D eigenvalue weighted by atomic mass is 10.1. The van der Waals surface area contributed by atoms with Crippen molar-refractivity contribution < 1.29 is 13.2 Å². The molecule has 0 aromatic carbocycles. The van der Waals surface area contributed by atoms with E-state index in [9.17, 15) is 13.2 Å². The average molecular weight is 306 g/mol. The first-order chi connectivity index (χ1) is 9.98. The van der Waals surface area contributed by atoms with E-state index in [1.54, 1.807) is 0 Å². The van der Waals surface area contributed by atoms with Gasteiger partial charge in [-0.25, -0.2) is 0 Å². The summed E-state index contributed by atoms with van der Waals surface area (Å²) >= 11 is 0. The van der Waals surface area contributed by atoms with Crippen LogP contribution in [-0.2, 0) is 0 Å². The standard InChI is InChI=1S/C14H25F3N4/c1-2-18-13(19-8-7-14(15,16)17)20-11-5-9-21(10-6-11)12-3-4-12/h11-12H,2-10H2,1H3,(H2,18,19,20). The van der Waals surface area contributed by atoms with Gasteiger partial charge in [-0.05, 0) is 32.6 Å². The zero-order valence-electron chi connectivity index (χ0n) is 12.5. The summed E-state index contributed by atoms with van der Waals surface area (Å²) in [7, 11) is 0. The number of alkyl halides is 3. The van der Waals surface area contributed by atoms with Crippen molar-refractivity contribution in [3.63, 3.8) is 0 Å². The zero-order valence-corrected chi connectivity index (χ0v) is 12.5.